The number of nitriles is 1. The number of carbonyl (C=O) groups excluding carboxylic acids is 1. The molecule has 5 nitrogen and oxygen atoms in total. The monoisotopic (exact) mass is 300 g/mol. The summed E-state index contributed by atoms with van der Waals surface area (Å²) in [7, 11) is 1.56. The second-order valence-corrected chi connectivity index (χ2v) is 5.50. The van der Waals surface area contributed by atoms with Crippen molar-refractivity contribution in [3.8, 4) is 23.7 Å². The average molecular weight is 300 g/mol. The minimum atomic E-state index is -0.516. The first-order valence-electron chi connectivity index (χ1n) is 6.89. The molecular weight excluding hydrogens is 280 g/mol. The van der Waals surface area contributed by atoms with Gasteiger partial charge in [-0.2, -0.15) is 5.26 Å². The second kappa shape index (κ2) is 7.95. The topological polar surface area (TPSA) is 71.3 Å². The molecule has 1 aromatic carbocycles. The molecule has 0 aromatic heterocycles. The number of benzene rings is 1. The Morgan fingerprint density at radius 3 is 2.64 bits per heavy atom. The standard InChI is InChI=1S/C17H20N2O3/c1-17(2,3)22-16(20)19-10-6-5-7-13-11-15(21-4)9-8-14(13)12-18/h8-9,11H,6,10H2,1-4H3,(H,19,20). The van der Waals surface area contributed by atoms with Crippen LogP contribution in [-0.4, -0.2) is 25.3 Å². The van der Waals surface area contributed by atoms with E-state index in [0.29, 0.717) is 29.8 Å². The largest absolute Gasteiger partial charge is 0.497 e. The van der Waals surface area contributed by atoms with Gasteiger partial charge in [0.2, 0.25) is 0 Å². The van der Waals surface area contributed by atoms with E-state index in [1.807, 2.05) is 0 Å². The van der Waals surface area contributed by atoms with Gasteiger partial charge in [-0.1, -0.05) is 11.8 Å². The van der Waals surface area contributed by atoms with Gasteiger partial charge in [-0.25, -0.2) is 4.79 Å². The second-order valence-electron chi connectivity index (χ2n) is 5.50. The Bertz CT molecular complexity index is 628. The third-order valence-electron chi connectivity index (χ3n) is 2.49. The highest BCUT2D eigenvalue weighted by Crippen LogP contribution is 2.16. The molecule has 1 aromatic rings. The van der Waals surface area contributed by atoms with Crippen molar-refractivity contribution >= 4 is 6.09 Å². The number of nitrogens with zero attached hydrogens (tertiary/aromatic N) is 1. The molecule has 1 rings (SSSR count). The van der Waals surface area contributed by atoms with Gasteiger partial charge in [0.1, 0.15) is 17.4 Å². The molecule has 0 bridgehead atoms. The van der Waals surface area contributed by atoms with Crippen molar-refractivity contribution in [3.05, 3.63) is 29.3 Å². The van der Waals surface area contributed by atoms with Crippen molar-refractivity contribution in [2.24, 2.45) is 0 Å². The maximum absolute atomic E-state index is 11.4. The van der Waals surface area contributed by atoms with E-state index in [0.717, 1.165) is 0 Å². The first-order valence-corrected chi connectivity index (χ1v) is 6.89. The van der Waals surface area contributed by atoms with Gasteiger partial charge in [0.05, 0.1) is 12.7 Å². The fourth-order valence-electron chi connectivity index (χ4n) is 1.55. The molecular formula is C17H20N2O3. The van der Waals surface area contributed by atoms with Crippen molar-refractivity contribution in [2.75, 3.05) is 13.7 Å². The normalized spacial score (nSPS) is 9.95. The van der Waals surface area contributed by atoms with Crippen molar-refractivity contribution < 1.29 is 14.3 Å². The van der Waals surface area contributed by atoms with E-state index in [-0.39, 0.29) is 0 Å². The molecule has 1 N–H and O–H groups in total. The number of hydrogen-bond acceptors (Lipinski definition) is 4. The number of nitrogens with one attached hydrogen (secondary N) is 1. The molecule has 0 spiro atoms. The van der Waals surface area contributed by atoms with Crippen LogP contribution < -0.4 is 10.1 Å². The Hall–Kier alpha value is -2.66. The van der Waals surface area contributed by atoms with Gasteiger partial charge < -0.3 is 14.8 Å². The van der Waals surface area contributed by atoms with Gasteiger partial charge >= 0.3 is 6.09 Å². The minimum Gasteiger partial charge on any atom is -0.497 e. The predicted octanol–water partition coefficient (Wildman–Crippen LogP) is 2.83. The Labute approximate surface area is 131 Å². The Balaban J connectivity index is 2.55. The number of carbonyl (C=O) groups is 1. The predicted molar refractivity (Wildman–Crippen MR) is 83.4 cm³/mol. The fourth-order valence-corrected chi connectivity index (χ4v) is 1.55. The first kappa shape index (κ1) is 17.4. The van der Waals surface area contributed by atoms with E-state index in [9.17, 15) is 4.79 Å². The minimum absolute atomic E-state index is 0.383. The molecule has 0 aliphatic carbocycles. The quantitative estimate of drug-likeness (QED) is 0.688. The smallest absolute Gasteiger partial charge is 0.407 e. The van der Waals surface area contributed by atoms with Crippen LogP contribution in [0.15, 0.2) is 18.2 Å². The number of ether oxygens (including phenoxy) is 2. The number of hydrogen-bond donors (Lipinski definition) is 1. The van der Waals surface area contributed by atoms with Gasteiger partial charge in [0, 0.05) is 18.5 Å². The zero-order valence-corrected chi connectivity index (χ0v) is 13.3. The summed E-state index contributed by atoms with van der Waals surface area (Å²) in [6.07, 6.45) is -0.00481. The molecule has 5 heteroatoms. The number of methoxy groups -OCH3 is 1. The van der Waals surface area contributed by atoms with E-state index < -0.39 is 11.7 Å². The van der Waals surface area contributed by atoms with Crippen LogP contribution in [0.5, 0.6) is 5.75 Å². The van der Waals surface area contributed by atoms with Gasteiger partial charge in [-0.3, -0.25) is 0 Å². The summed E-state index contributed by atoms with van der Waals surface area (Å²) in [5, 5.41) is 11.7. The summed E-state index contributed by atoms with van der Waals surface area (Å²) in [6, 6.07) is 7.18. The molecule has 0 unspecified atom stereocenters. The fraction of sp³-hybridized carbons (Fsp3) is 0.412. The summed E-state index contributed by atoms with van der Waals surface area (Å²) >= 11 is 0. The van der Waals surface area contributed by atoms with Gasteiger partial charge in [0.15, 0.2) is 0 Å². The first-order chi connectivity index (χ1) is 10.4. The molecule has 0 radical (unpaired) electrons. The lowest BCUT2D eigenvalue weighted by Crippen LogP contribution is -2.32. The van der Waals surface area contributed by atoms with E-state index in [1.54, 1.807) is 46.1 Å². The average Bonchev–Trinajstić information content (AvgIpc) is 2.44. The maximum atomic E-state index is 11.4. The lowest BCUT2D eigenvalue weighted by Gasteiger charge is -2.19. The van der Waals surface area contributed by atoms with Crippen LogP contribution in [0.25, 0.3) is 0 Å². The van der Waals surface area contributed by atoms with Crippen LogP contribution in [0.3, 0.4) is 0 Å². The van der Waals surface area contributed by atoms with Crippen LogP contribution in [0.4, 0.5) is 4.79 Å². The van der Waals surface area contributed by atoms with E-state index in [1.165, 1.54) is 0 Å². The zero-order chi connectivity index (χ0) is 16.6. The zero-order valence-electron chi connectivity index (χ0n) is 13.3. The van der Waals surface area contributed by atoms with E-state index >= 15 is 0 Å². The van der Waals surface area contributed by atoms with Gasteiger partial charge in [0.25, 0.3) is 0 Å². The molecule has 0 saturated heterocycles. The Morgan fingerprint density at radius 1 is 1.32 bits per heavy atom. The molecule has 0 saturated carbocycles. The van der Waals surface area contributed by atoms with Crippen LogP contribution in [0.1, 0.15) is 38.3 Å². The van der Waals surface area contributed by atoms with Crippen LogP contribution in [0.2, 0.25) is 0 Å². The summed E-state index contributed by atoms with van der Waals surface area (Å²) in [6.45, 7) is 5.80. The van der Waals surface area contributed by atoms with Crippen LogP contribution in [0, 0.1) is 23.2 Å². The molecule has 0 heterocycles. The van der Waals surface area contributed by atoms with Crippen molar-refractivity contribution in [2.45, 2.75) is 32.8 Å². The molecule has 0 atom stereocenters. The van der Waals surface area contributed by atoms with Crippen LogP contribution >= 0.6 is 0 Å². The summed E-state index contributed by atoms with van der Waals surface area (Å²) in [4.78, 5) is 11.4. The third kappa shape index (κ3) is 6.19. The summed E-state index contributed by atoms with van der Waals surface area (Å²) in [5.41, 5.74) is 0.588. The number of alkyl carbamates (subject to hydrolysis) is 1. The highest BCUT2D eigenvalue weighted by atomic mass is 16.6. The SMILES string of the molecule is COc1ccc(C#N)c(C#CCCNC(=O)OC(C)(C)C)c1. The van der Waals surface area contributed by atoms with Gasteiger partial charge in [-0.15, -0.1) is 0 Å². The molecule has 1 amide bonds. The molecule has 22 heavy (non-hydrogen) atoms. The highest BCUT2D eigenvalue weighted by Gasteiger charge is 2.15. The van der Waals surface area contributed by atoms with Gasteiger partial charge in [-0.05, 0) is 39.0 Å². The highest BCUT2D eigenvalue weighted by molar-refractivity contribution is 5.67. The third-order valence-corrected chi connectivity index (χ3v) is 2.49. The van der Waals surface area contributed by atoms with Crippen molar-refractivity contribution in [3.63, 3.8) is 0 Å². The molecule has 116 valence electrons. The maximum Gasteiger partial charge on any atom is 0.407 e. The van der Waals surface area contributed by atoms with E-state index in [2.05, 4.69) is 23.2 Å². The lowest BCUT2D eigenvalue weighted by molar-refractivity contribution is 0.0529. The summed E-state index contributed by atoms with van der Waals surface area (Å²) < 4.78 is 10.2. The molecule has 0 fully saturated rings. The Morgan fingerprint density at radius 2 is 2.05 bits per heavy atom. The molecule has 0 aliphatic rings. The lowest BCUT2D eigenvalue weighted by atomic mass is 10.1. The number of rotatable bonds is 3. The number of amides is 1. The molecule has 0 aliphatic heterocycles. The van der Waals surface area contributed by atoms with Crippen LogP contribution in [-0.2, 0) is 4.74 Å². The summed E-state index contributed by atoms with van der Waals surface area (Å²) in [5.74, 6) is 6.48. The van der Waals surface area contributed by atoms with E-state index in [4.69, 9.17) is 14.7 Å². The van der Waals surface area contributed by atoms with Crippen molar-refractivity contribution in [1.29, 1.82) is 5.26 Å². The Kier molecular flexibility index (Phi) is 6.28. The van der Waals surface area contributed by atoms with Crippen molar-refractivity contribution in [1.82, 2.24) is 5.32 Å².